The zero-order chi connectivity index (χ0) is 44.0. The molecule has 2 heteroatoms. The van der Waals surface area contributed by atoms with E-state index in [1.54, 1.807) is 0 Å². The molecule has 65 heavy (non-hydrogen) atoms. The molecule has 0 amide bonds. The van der Waals surface area contributed by atoms with Crippen LogP contribution in [0.25, 0.3) is 83.2 Å². The topological polar surface area (TPSA) is 24.7 Å². The van der Waals surface area contributed by atoms with Crippen molar-refractivity contribution in [1.29, 1.82) is 0 Å². The fourth-order valence-corrected chi connectivity index (χ4v) is 9.15. The molecule has 0 fully saturated rings. The third kappa shape index (κ3) is 8.51. The molecule has 0 aromatic heterocycles. The van der Waals surface area contributed by atoms with Crippen molar-refractivity contribution in [2.45, 2.75) is 19.8 Å². The summed E-state index contributed by atoms with van der Waals surface area (Å²) in [4.78, 5) is 10.3. The predicted molar refractivity (Wildman–Crippen MR) is 278 cm³/mol. The van der Waals surface area contributed by atoms with E-state index in [9.17, 15) is 0 Å². The van der Waals surface area contributed by atoms with Crippen molar-refractivity contribution in [3.05, 3.63) is 260 Å². The number of hydrogen-bond donors (Lipinski definition) is 0. The Balaban J connectivity index is 1.15. The average molecular weight is 833 g/mol. The van der Waals surface area contributed by atoms with Gasteiger partial charge in [-0.2, -0.15) is 0 Å². The van der Waals surface area contributed by atoms with Crippen molar-refractivity contribution in [2.75, 3.05) is 0 Å². The number of fused-ring (bicyclic) bond motifs is 1. The first-order valence-corrected chi connectivity index (χ1v) is 22.4. The highest BCUT2D eigenvalue weighted by atomic mass is 14.9. The molecule has 1 aliphatic carbocycles. The molecular formula is C63H48N2. The Morgan fingerprint density at radius 3 is 1.49 bits per heavy atom. The van der Waals surface area contributed by atoms with Gasteiger partial charge in [0.15, 0.2) is 5.84 Å². The first-order chi connectivity index (χ1) is 32.1. The van der Waals surface area contributed by atoms with Crippen LogP contribution in [0.2, 0.25) is 0 Å². The van der Waals surface area contributed by atoms with Crippen LogP contribution in [-0.2, 0) is 0 Å². The van der Waals surface area contributed by atoms with E-state index >= 15 is 0 Å². The molecule has 0 aliphatic heterocycles. The second-order valence-corrected chi connectivity index (χ2v) is 16.4. The van der Waals surface area contributed by atoms with Gasteiger partial charge in [-0.25, -0.2) is 9.98 Å². The summed E-state index contributed by atoms with van der Waals surface area (Å²) >= 11 is 0. The number of rotatable bonds is 10. The average Bonchev–Trinajstić information content (AvgIpc) is 3.39. The Morgan fingerprint density at radius 1 is 0.415 bits per heavy atom. The second-order valence-electron chi connectivity index (χ2n) is 16.4. The van der Waals surface area contributed by atoms with Crippen molar-refractivity contribution in [1.82, 2.24) is 0 Å². The summed E-state index contributed by atoms with van der Waals surface area (Å²) in [5, 5.41) is 2.30. The number of hydrogen-bond acceptors (Lipinski definition) is 1. The molecule has 0 spiro atoms. The van der Waals surface area contributed by atoms with Crippen LogP contribution in [0.4, 0.5) is 0 Å². The summed E-state index contributed by atoms with van der Waals surface area (Å²) in [7, 11) is 0. The van der Waals surface area contributed by atoms with E-state index in [1.807, 2.05) is 30.3 Å². The maximum absolute atomic E-state index is 5.26. The lowest BCUT2D eigenvalue weighted by molar-refractivity contribution is 1.03. The smallest absolute Gasteiger partial charge is 0.159 e. The minimum absolute atomic E-state index is 0.672. The molecule has 9 aromatic rings. The van der Waals surface area contributed by atoms with Gasteiger partial charge in [0.1, 0.15) is 0 Å². The van der Waals surface area contributed by atoms with Crippen LogP contribution in [0.5, 0.6) is 0 Å². The van der Waals surface area contributed by atoms with Gasteiger partial charge in [-0.1, -0.05) is 231 Å². The van der Waals surface area contributed by atoms with Crippen LogP contribution in [0.3, 0.4) is 0 Å². The molecule has 0 N–H and O–H groups in total. The van der Waals surface area contributed by atoms with E-state index < -0.39 is 0 Å². The lowest BCUT2D eigenvalue weighted by atomic mass is 9.78. The molecule has 0 saturated heterocycles. The number of allylic oxidation sites excluding steroid dienone is 2. The fraction of sp³-hybridized carbons (Fsp3) is 0.0476. The SMILES string of the molecule is C=C(/N=C(\N=C(/C)c1ccc(-c2cccc(-c3cc(-c4ccccc4)c(-c4ccccc4)c(-c4ccccc4)c3-c3ccccc3)c2)c2ccccc12)C1=CCCC=C1)c1ccccc1. The molecule has 2 nitrogen and oxygen atoms in total. The van der Waals surface area contributed by atoms with Crippen LogP contribution in [0, 0.1) is 0 Å². The molecule has 310 valence electrons. The summed E-state index contributed by atoms with van der Waals surface area (Å²) in [5.74, 6) is 0.672. The van der Waals surface area contributed by atoms with Gasteiger partial charge < -0.3 is 0 Å². The van der Waals surface area contributed by atoms with E-state index in [-0.39, 0.29) is 0 Å². The number of nitrogens with zero attached hydrogens (tertiary/aromatic N) is 2. The van der Waals surface area contributed by atoms with Gasteiger partial charge >= 0.3 is 0 Å². The Kier molecular flexibility index (Phi) is 11.7. The van der Waals surface area contributed by atoms with E-state index in [0.717, 1.165) is 57.3 Å². The molecule has 10 rings (SSSR count). The summed E-state index contributed by atoms with van der Waals surface area (Å²) < 4.78 is 0. The fourth-order valence-electron chi connectivity index (χ4n) is 9.15. The third-order valence-electron chi connectivity index (χ3n) is 12.3. The van der Waals surface area contributed by atoms with Crippen LogP contribution in [-0.4, -0.2) is 11.5 Å². The van der Waals surface area contributed by atoms with Gasteiger partial charge in [0, 0.05) is 16.8 Å². The van der Waals surface area contributed by atoms with E-state index in [4.69, 9.17) is 9.98 Å². The summed E-state index contributed by atoms with van der Waals surface area (Å²) in [6.45, 7) is 6.43. The summed E-state index contributed by atoms with van der Waals surface area (Å²) in [6, 6.07) is 78.3. The lowest BCUT2D eigenvalue weighted by Crippen LogP contribution is -2.06. The van der Waals surface area contributed by atoms with Crippen LogP contribution >= 0.6 is 0 Å². The quantitative estimate of drug-likeness (QED) is 0.0969. The van der Waals surface area contributed by atoms with Gasteiger partial charge in [-0.3, -0.25) is 0 Å². The molecule has 9 aromatic carbocycles. The van der Waals surface area contributed by atoms with Crippen molar-refractivity contribution in [3.63, 3.8) is 0 Å². The summed E-state index contributed by atoms with van der Waals surface area (Å²) in [5.41, 5.74) is 18.8. The standard InChI is InChI=1S/C63H48N2/c1-44(46-24-9-3-10-25-46)64-63(51-34-19-8-20-35-51)65-45(2)54-40-41-55(57-39-22-21-38-56(54)57)52-36-23-37-53(42-52)59-43-58(47-26-11-4-12-27-47)60(48-28-13-5-14-29-48)62(50-32-17-7-18-33-50)61(59)49-30-15-6-16-31-49/h3-7,9-19,21-43H,1,8,20H2,2H3/b64-63-,65-45+. The maximum Gasteiger partial charge on any atom is 0.159 e. The van der Waals surface area contributed by atoms with Gasteiger partial charge in [0.2, 0.25) is 0 Å². The molecule has 0 heterocycles. The van der Waals surface area contributed by atoms with Crippen molar-refractivity contribution >= 4 is 28.0 Å². The van der Waals surface area contributed by atoms with Crippen molar-refractivity contribution < 1.29 is 0 Å². The first-order valence-electron chi connectivity index (χ1n) is 22.4. The molecule has 0 radical (unpaired) electrons. The second kappa shape index (κ2) is 18.6. The highest BCUT2D eigenvalue weighted by Crippen LogP contribution is 2.50. The van der Waals surface area contributed by atoms with E-state index in [1.165, 1.54) is 55.5 Å². The highest BCUT2D eigenvalue weighted by molar-refractivity contribution is 6.19. The van der Waals surface area contributed by atoms with Crippen LogP contribution < -0.4 is 0 Å². The molecule has 0 unspecified atom stereocenters. The van der Waals surface area contributed by atoms with E-state index in [2.05, 4.69) is 220 Å². The normalized spacial score (nSPS) is 12.8. The van der Waals surface area contributed by atoms with Crippen molar-refractivity contribution in [2.24, 2.45) is 9.98 Å². The zero-order valence-corrected chi connectivity index (χ0v) is 36.5. The minimum Gasteiger partial charge on any atom is -0.233 e. The number of benzene rings is 9. The highest BCUT2D eigenvalue weighted by Gasteiger charge is 2.24. The zero-order valence-electron chi connectivity index (χ0n) is 36.5. The largest absolute Gasteiger partial charge is 0.233 e. The van der Waals surface area contributed by atoms with Crippen LogP contribution in [0.15, 0.2) is 259 Å². The van der Waals surface area contributed by atoms with Crippen LogP contribution in [0.1, 0.15) is 30.9 Å². The Hall–Kier alpha value is -8.20. The van der Waals surface area contributed by atoms with Gasteiger partial charge in [0.05, 0.1) is 5.70 Å². The first kappa shape index (κ1) is 40.8. The van der Waals surface area contributed by atoms with Crippen molar-refractivity contribution in [3.8, 4) is 66.8 Å². The van der Waals surface area contributed by atoms with E-state index in [0.29, 0.717) is 11.5 Å². The Bertz CT molecular complexity index is 3290. The minimum atomic E-state index is 0.672. The molecule has 0 bridgehead atoms. The molecule has 0 saturated carbocycles. The van der Waals surface area contributed by atoms with Gasteiger partial charge in [0.25, 0.3) is 0 Å². The molecular weight excluding hydrogens is 785 g/mol. The maximum atomic E-state index is 5.26. The third-order valence-corrected chi connectivity index (χ3v) is 12.3. The Morgan fingerprint density at radius 2 is 0.908 bits per heavy atom. The monoisotopic (exact) mass is 832 g/mol. The number of amidine groups is 1. The number of aliphatic imine (C=N–C) groups is 2. The van der Waals surface area contributed by atoms with Gasteiger partial charge in [-0.05, 0) is 115 Å². The molecule has 1 aliphatic rings. The lowest BCUT2D eigenvalue weighted by Gasteiger charge is -2.24. The molecule has 0 atom stereocenters. The summed E-state index contributed by atoms with van der Waals surface area (Å²) in [6.07, 6.45) is 8.53. The Labute approximate surface area is 382 Å². The van der Waals surface area contributed by atoms with Gasteiger partial charge in [-0.15, -0.1) is 0 Å². The predicted octanol–water partition coefficient (Wildman–Crippen LogP) is 17.0.